The molecule has 0 heterocycles. The van der Waals surface area contributed by atoms with Crippen molar-refractivity contribution in [3.8, 4) is 0 Å². The van der Waals surface area contributed by atoms with Gasteiger partial charge in [0, 0.05) is 25.7 Å². The third-order valence-electron chi connectivity index (χ3n) is 13.7. The first-order valence-electron chi connectivity index (χ1n) is 31.5. The number of hydrogen-bond acceptors (Lipinski definition) is 15. The van der Waals surface area contributed by atoms with Gasteiger partial charge in [0.15, 0.2) is 12.2 Å². The Balaban J connectivity index is 5.15. The van der Waals surface area contributed by atoms with Crippen LogP contribution in [0.3, 0.4) is 0 Å². The van der Waals surface area contributed by atoms with Crippen LogP contribution in [0.4, 0.5) is 0 Å². The van der Waals surface area contributed by atoms with E-state index < -0.39 is 97.5 Å². The van der Waals surface area contributed by atoms with Gasteiger partial charge in [0.05, 0.1) is 26.4 Å². The molecule has 0 fully saturated rings. The zero-order chi connectivity index (χ0) is 58.7. The molecule has 0 saturated carbocycles. The quantitative estimate of drug-likeness (QED) is 0.0222. The van der Waals surface area contributed by atoms with E-state index in [1.54, 1.807) is 0 Å². The lowest BCUT2D eigenvalue weighted by Crippen LogP contribution is -2.30. The predicted molar refractivity (Wildman–Crippen MR) is 312 cm³/mol. The van der Waals surface area contributed by atoms with Crippen molar-refractivity contribution >= 4 is 39.5 Å². The van der Waals surface area contributed by atoms with Crippen molar-refractivity contribution in [3.05, 3.63) is 0 Å². The van der Waals surface area contributed by atoms with Crippen LogP contribution < -0.4 is 0 Å². The largest absolute Gasteiger partial charge is 0.472 e. The molecule has 0 aliphatic heterocycles. The first-order chi connectivity index (χ1) is 37.9. The van der Waals surface area contributed by atoms with E-state index in [4.69, 9.17) is 37.0 Å². The maximum atomic E-state index is 12.9. The minimum atomic E-state index is -4.94. The molecule has 0 saturated heterocycles. The van der Waals surface area contributed by atoms with Crippen molar-refractivity contribution in [2.24, 2.45) is 11.8 Å². The summed E-state index contributed by atoms with van der Waals surface area (Å²) in [5, 5.41) is 10.5. The van der Waals surface area contributed by atoms with E-state index in [2.05, 4.69) is 41.5 Å². The lowest BCUT2D eigenvalue weighted by atomic mass is 10.0. The van der Waals surface area contributed by atoms with Crippen LogP contribution in [0.5, 0.6) is 0 Å². The molecule has 0 spiro atoms. The molecule has 5 atom stereocenters. The Bertz CT molecular complexity index is 1560. The van der Waals surface area contributed by atoms with Gasteiger partial charge in [-0.05, 0) is 37.5 Å². The Morgan fingerprint density at radius 1 is 0.342 bits per heavy atom. The topological polar surface area (TPSA) is 237 Å². The molecule has 0 aromatic rings. The molecule has 468 valence electrons. The smallest absolute Gasteiger partial charge is 0.462 e. The van der Waals surface area contributed by atoms with E-state index in [1.165, 1.54) is 89.9 Å². The maximum absolute atomic E-state index is 12.9. The lowest BCUT2D eigenvalue weighted by Gasteiger charge is -2.21. The van der Waals surface area contributed by atoms with Crippen molar-refractivity contribution in [2.75, 3.05) is 39.6 Å². The standard InChI is InChI=1S/C60H116O17P2/c1-7-9-11-13-23-32-38-44-59(64)76-55(48-70-57(62)42-36-28-12-10-8-2)50-74-78(66,67)72-46-54(61)47-73-79(68,69)75-51-56(49-71-58(63)43-37-31-26-22-21-25-30-35-41-53(5)6)77-60(65)45-39-33-27-20-18-16-14-15-17-19-24-29-34-40-52(3)4/h52-56,61H,7-51H2,1-6H3,(H,66,67)(H,68,69)/t54-,55+,56+/m0/s1. The second-order valence-corrected chi connectivity index (χ2v) is 25.6. The third kappa shape index (κ3) is 55.0. The first kappa shape index (κ1) is 77.1. The number of carbonyl (C=O) groups is 4. The molecule has 2 unspecified atom stereocenters. The highest BCUT2D eigenvalue weighted by atomic mass is 31.2. The van der Waals surface area contributed by atoms with Gasteiger partial charge in [-0.2, -0.15) is 0 Å². The van der Waals surface area contributed by atoms with E-state index in [1.807, 2.05) is 0 Å². The Morgan fingerprint density at radius 3 is 0.861 bits per heavy atom. The Morgan fingerprint density at radius 2 is 0.582 bits per heavy atom. The number of ether oxygens (including phenoxy) is 4. The number of aliphatic hydroxyl groups excluding tert-OH is 1. The summed E-state index contributed by atoms with van der Waals surface area (Å²) in [4.78, 5) is 71.6. The fourth-order valence-electron chi connectivity index (χ4n) is 8.82. The molecule has 0 aromatic heterocycles. The number of esters is 4. The average Bonchev–Trinajstić information content (AvgIpc) is 3.40. The molecule has 19 heteroatoms. The minimum Gasteiger partial charge on any atom is -0.462 e. The van der Waals surface area contributed by atoms with Crippen LogP contribution in [0.25, 0.3) is 0 Å². The van der Waals surface area contributed by atoms with Gasteiger partial charge in [-0.1, -0.05) is 241 Å². The normalized spacial score (nSPS) is 14.4. The molecule has 0 rings (SSSR count). The highest BCUT2D eigenvalue weighted by Crippen LogP contribution is 2.45. The second-order valence-electron chi connectivity index (χ2n) is 22.7. The van der Waals surface area contributed by atoms with Crippen LogP contribution in [0.1, 0.15) is 292 Å². The summed E-state index contributed by atoms with van der Waals surface area (Å²) >= 11 is 0. The molecule has 0 amide bonds. The highest BCUT2D eigenvalue weighted by molar-refractivity contribution is 7.47. The molecule has 0 radical (unpaired) electrons. The first-order valence-corrected chi connectivity index (χ1v) is 34.5. The molecule has 3 N–H and O–H groups in total. The number of unbranched alkanes of at least 4 members (excludes halogenated alkanes) is 29. The molecular formula is C60H116O17P2. The molecule has 17 nitrogen and oxygen atoms in total. The highest BCUT2D eigenvalue weighted by Gasteiger charge is 2.30. The van der Waals surface area contributed by atoms with E-state index in [9.17, 15) is 43.2 Å². The van der Waals surface area contributed by atoms with Gasteiger partial charge in [-0.3, -0.25) is 37.3 Å². The zero-order valence-corrected chi connectivity index (χ0v) is 52.4. The number of phosphoric ester groups is 2. The average molecular weight is 1170 g/mol. The number of aliphatic hydroxyl groups is 1. The number of rotatable bonds is 59. The summed E-state index contributed by atoms with van der Waals surface area (Å²) in [7, 11) is -9.87. The second kappa shape index (κ2) is 52.8. The molecule has 0 aliphatic carbocycles. The molecule has 0 aliphatic rings. The molecular weight excluding hydrogens is 1050 g/mol. The van der Waals surface area contributed by atoms with Gasteiger partial charge in [-0.15, -0.1) is 0 Å². The van der Waals surface area contributed by atoms with Crippen molar-refractivity contribution in [1.82, 2.24) is 0 Å². The molecule has 0 aromatic carbocycles. The monoisotopic (exact) mass is 1170 g/mol. The van der Waals surface area contributed by atoms with E-state index >= 15 is 0 Å². The van der Waals surface area contributed by atoms with Gasteiger partial charge in [0.2, 0.25) is 0 Å². The zero-order valence-electron chi connectivity index (χ0n) is 50.7. The van der Waals surface area contributed by atoms with Crippen molar-refractivity contribution < 1.29 is 80.2 Å². The van der Waals surface area contributed by atoms with Crippen molar-refractivity contribution in [1.29, 1.82) is 0 Å². The minimum absolute atomic E-state index is 0.102. The summed E-state index contributed by atoms with van der Waals surface area (Å²) in [6, 6.07) is 0. The molecule has 79 heavy (non-hydrogen) atoms. The Hall–Kier alpha value is -1.94. The van der Waals surface area contributed by atoms with Crippen LogP contribution in [0, 0.1) is 11.8 Å². The summed E-state index contributed by atoms with van der Waals surface area (Å²) < 4.78 is 67.5. The Kier molecular flexibility index (Phi) is 51.5. The fraction of sp³-hybridized carbons (Fsp3) is 0.933. The maximum Gasteiger partial charge on any atom is 0.472 e. The van der Waals surface area contributed by atoms with Crippen LogP contribution in [-0.2, 0) is 65.4 Å². The van der Waals surface area contributed by atoms with E-state index in [-0.39, 0.29) is 25.7 Å². The van der Waals surface area contributed by atoms with Gasteiger partial charge >= 0.3 is 39.5 Å². The van der Waals surface area contributed by atoms with Gasteiger partial charge in [0.25, 0.3) is 0 Å². The van der Waals surface area contributed by atoms with Gasteiger partial charge in [0.1, 0.15) is 19.3 Å². The van der Waals surface area contributed by atoms with E-state index in [0.29, 0.717) is 25.7 Å². The number of carbonyl (C=O) groups excluding carboxylic acids is 4. The van der Waals surface area contributed by atoms with Crippen LogP contribution in [-0.4, -0.2) is 96.7 Å². The predicted octanol–water partition coefficient (Wildman–Crippen LogP) is 16.1. The fourth-order valence-corrected chi connectivity index (χ4v) is 10.4. The van der Waals surface area contributed by atoms with Crippen LogP contribution in [0.15, 0.2) is 0 Å². The van der Waals surface area contributed by atoms with Crippen molar-refractivity contribution in [3.63, 3.8) is 0 Å². The number of phosphoric acid groups is 2. The van der Waals surface area contributed by atoms with Gasteiger partial charge < -0.3 is 33.8 Å². The Labute approximate surface area is 479 Å². The van der Waals surface area contributed by atoms with Crippen molar-refractivity contribution in [2.45, 2.75) is 310 Å². The SMILES string of the molecule is CCCCCCCCCC(=O)O[C@H](COC(=O)CCCCCCC)COP(=O)(O)OC[C@H](O)COP(=O)(O)OC[C@@H](COC(=O)CCCCCCCCCCC(C)C)OC(=O)CCCCCCCCCCCCCCCC(C)C. The van der Waals surface area contributed by atoms with Crippen LogP contribution >= 0.6 is 15.6 Å². The van der Waals surface area contributed by atoms with E-state index in [0.717, 1.165) is 121 Å². The summed E-state index contributed by atoms with van der Waals surface area (Å²) in [5.74, 6) is -0.642. The molecule has 0 bridgehead atoms. The lowest BCUT2D eigenvalue weighted by molar-refractivity contribution is -0.161. The third-order valence-corrected chi connectivity index (χ3v) is 15.6. The van der Waals surface area contributed by atoms with Gasteiger partial charge in [-0.25, -0.2) is 9.13 Å². The summed E-state index contributed by atoms with van der Waals surface area (Å²) in [6.07, 6.45) is 34.0. The summed E-state index contributed by atoms with van der Waals surface area (Å²) in [6.45, 7) is 9.31. The van der Waals surface area contributed by atoms with Crippen LogP contribution in [0.2, 0.25) is 0 Å². The summed E-state index contributed by atoms with van der Waals surface area (Å²) in [5.41, 5.74) is 0. The number of hydrogen-bond donors (Lipinski definition) is 3.